The summed E-state index contributed by atoms with van der Waals surface area (Å²) < 4.78 is 6.49. The van der Waals surface area contributed by atoms with Gasteiger partial charge in [0.15, 0.2) is 0 Å². The molecule has 0 fully saturated rings. The summed E-state index contributed by atoms with van der Waals surface area (Å²) in [6, 6.07) is 70.0. The lowest BCUT2D eigenvalue weighted by Gasteiger charge is -2.14. The van der Waals surface area contributed by atoms with Crippen molar-refractivity contribution >= 4 is 43.5 Å². The highest BCUT2D eigenvalue weighted by Gasteiger charge is 2.17. The van der Waals surface area contributed by atoms with Crippen molar-refractivity contribution in [2.45, 2.75) is 0 Å². The number of benzene rings is 9. The molecule has 0 aliphatic rings. The van der Waals surface area contributed by atoms with Crippen molar-refractivity contribution in [1.29, 1.82) is 0 Å². The van der Waals surface area contributed by atoms with Crippen LogP contribution < -0.4 is 0 Å². The zero-order valence-electron chi connectivity index (χ0n) is 27.9. The van der Waals surface area contributed by atoms with Crippen LogP contribution in [-0.2, 0) is 0 Å². The van der Waals surface area contributed by atoms with E-state index in [-0.39, 0.29) is 0 Å². The summed E-state index contributed by atoms with van der Waals surface area (Å²) in [6.45, 7) is 0. The fourth-order valence-corrected chi connectivity index (χ4v) is 7.68. The van der Waals surface area contributed by atoms with E-state index in [1.165, 1.54) is 77.2 Å². The van der Waals surface area contributed by atoms with Crippen LogP contribution in [0.15, 0.2) is 199 Å². The zero-order valence-corrected chi connectivity index (χ0v) is 27.9. The van der Waals surface area contributed by atoms with Gasteiger partial charge in [-0.15, -0.1) is 0 Å². The van der Waals surface area contributed by atoms with Gasteiger partial charge < -0.3 is 4.42 Å². The van der Waals surface area contributed by atoms with Gasteiger partial charge in [0, 0.05) is 16.2 Å². The third-order valence-electron chi connectivity index (χ3n) is 10.3. The molecule has 238 valence electrons. The molecule has 1 nitrogen and oxygen atoms in total. The summed E-state index contributed by atoms with van der Waals surface area (Å²) in [5, 5.41) is 7.11. The quantitative estimate of drug-likeness (QED) is 0.169. The molecular formula is C50H32O. The summed E-state index contributed by atoms with van der Waals surface area (Å²) in [6.07, 6.45) is 0. The number of fused-ring (bicyclic) bond motifs is 8. The lowest BCUT2D eigenvalue weighted by Crippen LogP contribution is -1.88. The van der Waals surface area contributed by atoms with Gasteiger partial charge in [0.1, 0.15) is 11.2 Å². The van der Waals surface area contributed by atoms with Crippen LogP contribution in [0.2, 0.25) is 0 Å². The van der Waals surface area contributed by atoms with Gasteiger partial charge in [0.05, 0.1) is 0 Å². The Kier molecular flexibility index (Phi) is 6.89. The maximum absolute atomic E-state index is 6.49. The van der Waals surface area contributed by atoms with E-state index in [4.69, 9.17) is 4.42 Å². The minimum absolute atomic E-state index is 0.920. The lowest BCUT2D eigenvalue weighted by atomic mass is 9.90. The molecular weight excluding hydrogens is 617 g/mol. The number of rotatable bonds is 5. The van der Waals surface area contributed by atoms with E-state index < -0.39 is 0 Å². The number of hydrogen-bond donors (Lipinski definition) is 0. The van der Waals surface area contributed by atoms with Crippen LogP contribution in [0.25, 0.3) is 99.1 Å². The minimum Gasteiger partial charge on any atom is -0.455 e. The van der Waals surface area contributed by atoms with E-state index in [0.717, 1.165) is 21.9 Å². The maximum Gasteiger partial charge on any atom is 0.143 e. The topological polar surface area (TPSA) is 13.1 Å². The van der Waals surface area contributed by atoms with Gasteiger partial charge in [-0.25, -0.2) is 0 Å². The first-order valence-corrected chi connectivity index (χ1v) is 17.5. The molecule has 0 bridgehead atoms. The van der Waals surface area contributed by atoms with E-state index >= 15 is 0 Å². The van der Waals surface area contributed by atoms with Crippen molar-refractivity contribution in [3.05, 3.63) is 194 Å². The highest BCUT2D eigenvalue weighted by molar-refractivity contribution is 6.30. The summed E-state index contributed by atoms with van der Waals surface area (Å²) in [7, 11) is 0. The van der Waals surface area contributed by atoms with Crippen LogP contribution in [-0.4, -0.2) is 0 Å². The lowest BCUT2D eigenvalue weighted by molar-refractivity contribution is 0.673. The zero-order chi connectivity index (χ0) is 33.7. The molecule has 0 unspecified atom stereocenters. The summed E-state index contributed by atoms with van der Waals surface area (Å²) in [5.74, 6) is 0. The fraction of sp³-hybridized carbons (Fsp3) is 0. The second-order valence-electron chi connectivity index (χ2n) is 13.3. The number of furan rings is 1. The number of hydrogen-bond acceptors (Lipinski definition) is 1. The fourth-order valence-electron chi connectivity index (χ4n) is 7.68. The average molecular weight is 649 g/mol. The highest BCUT2D eigenvalue weighted by atomic mass is 16.3. The van der Waals surface area contributed by atoms with Gasteiger partial charge in [-0.3, -0.25) is 0 Å². The van der Waals surface area contributed by atoms with Crippen molar-refractivity contribution in [2.75, 3.05) is 0 Å². The van der Waals surface area contributed by atoms with Crippen LogP contribution in [0.1, 0.15) is 0 Å². The SMILES string of the molecule is c1ccc(-c2ccc(-c3cc(-c4ccc(-c5ccccc5)cc4)cc(-c4ccc5c(c4)c4ccccc4c4oc6ccccc6c54)c3)cc2)cc1. The van der Waals surface area contributed by atoms with Crippen molar-refractivity contribution in [3.63, 3.8) is 0 Å². The Hall–Kier alpha value is -6.70. The second-order valence-corrected chi connectivity index (χ2v) is 13.3. The monoisotopic (exact) mass is 648 g/mol. The predicted octanol–water partition coefficient (Wildman–Crippen LogP) is 14.2. The standard InChI is InChI=1S/C50H32O/c1-3-11-33(12-4-1)35-19-23-37(24-20-35)40-29-41(38-25-21-36(22-26-38)34-13-5-2-6-14-34)31-42(30-40)39-27-28-44-47(32-39)43-15-7-8-16-45(43)50-49(44)46-17-9-10-18-48(46)51-50/h1-32H. The Morgan fingerprint density at radius 3 is 1.22 bits per heavy atom. The second kappa shape index (κ2) is 12.0. The van der Waals surface area contributed by atoms with Crippen molar-refractivity contribution in [3.8, 4) is 55.6 Å². The summed E-state index contributed by atoms with van der Waals surface area (Å²) >= 11 is 0. The first-order valence-electron chi connectivity index (χ1n) is 17.5. The smallest absolute Gasteiger partial charge is 0.143 e. The van der Waals surface area contributed by atoms with Crippen molar-refractivity contribution < 1.29 is 4.42 Å². The van der Waals surface area contributed by atoms with Gasteiger partial charge in [-0.2, -0.15) is 0 Å². The molecule has 10 rings (SSSR count). The Morgan fingerprint density at radius 1 is 0.235 bits per heavy atom. The summed E-state index contributed by atoms with van der Waals surface area (Å²) in [5.41, 5.74) is 13.9. The van der Waals surface area contributed by atoms with Gasteiger partial charge in [0.2, 0.25) is 0 Å². The molecule has 1 heterocycles. The molecule has 0 aliphatic carbocycles. The van der Waals surface area contributed by atoms with E-state index in [2.05, 4.69) is 188 Å². The van der Waals surface area contributed by atoms with Crippen LogP contribution in [0.5, 0.6) is 0 Å². The van der Waals surface area contributed by atoms with Gasteiger partial charge in [-0.1, -0.05) is 164 Å². The molecule has 0 amide bonds. The minimum atomic E-state index is 0.920. The van der Waals surface area contributed by atoms with Crippen LogP contribution in [0, 0.1) is 0 Å². The van der Waals surface area contributed by atoms with E-state index in [1.807, 2.05) is 6.07 Å². The molecule has 0 radical (unpaired) electrons. The van der Waals surface area contributed by atoms with E-state index in [0.29, 0.717) is 0 Å². The molecule has 0 spiro atoms. The largest absolute Gasteiger partial charge is 0.455 e. The molecule has 9 aromatic carbocycles. The van der Waals surface area contributed by atoms with Gasteiger partial charge in [-0.05, 0) is 102 Å². The maximum atomic E-state index is 6.49. The first kappa shape index (κ1) is 29.2. The Bertz CT molecular complexity index is 2760. The predicted molar refractivity (Wildman–Crippen MR) is 216 cm³/mol. The Balaban J connectivity index is 1.16. The molecule has 1 heteroatoms. The van der Waals surface area contributed by atoms with Gasteiger partial charge in [0.25, 0.3) is 0 Å². The molecule has 1 aromatic heterocycles. The van der Waals surface area contributed by atoms with E-state index in [1.54, 1.807) is 0 Å². The van der Waals surface area contributed by atoms with Crippen LogP contribution >= 0.6 is 0 Å². The molecule has 0 N–H and O–H groups in total. The molecule has 0 atom stereocenters. The van der Waals surface area contributed by atoms with Crippen molar-refractivity contribution in [2.24, 2.45) is 0 Å². The van der Waals surface area contributed by atoms with Crippen LogP contribution in [0.3, 0.4) is 0 Å². The van der Waals surface area contributed by atoms with Crippen molar-refractivity contribution in [1.82, 2.24) is 0 Å². The molecule has 10 aromatic rings. The van der Waals surface area contributed by atoms with Crippen LogP contribution in [0.4, 0.5) is 0 Å². The molecule has 51 heavy (non-hydrogen) atoms. The van der Waals surface area contributed by atoms with Gasteiger partial charge >= 0.3 is 0 Å². The Labute approximate surface area is 296 Å². The average Bonchev–Trinajstić information content (AvgIpc) is 3.62. The molecule has 0 aliphatic heterocycles. The highest BCUT2D eigenvalue weighted by Crippen LogP contribution is 2.43. The van der Waals surface area contributed by atoms with E-state index in [9.17, 15) is 0 Å². The molecule has 0 saturated heterocycles. The third-order valence-corrected chi connectivity index (χ3v) is 10.3. The number of para-hydroxylation sites is 1. The third kappa shape index (κ3) is 5.10. The first-order chi connectivity index (χ1) is 25.3. The Morgan fingerprint density at radius 2 is 0.647 bits per heavy atom. The molecule has 0 saturated carbocycles. The normalized spacial score (nSPS) is 11.5. The summed E-state index contributed by atoms with van der Waals surface area (Å²) in [4.78, 5) is 0.